The number of anilines is 3. The third-order valence-electron chi connectivity index (χ3n) is 6.40. The second kappa shape index (κ2) is 9.52. The Balaban J connectivity index is 1.54. The predicted molar refractivity (Wildman–Crippen MR) is 128 cm³/mol. The molecule has 0 unspecified atom stereocenters. The van der Waals surface area contributed by atoms with Crippen LogP contribution in [0.25, 0.3) is 11.2 Å². The fourth-order valence-corrected chi connectivity index (χ4v) is 5.17. The zero-order valence-electron chi connectivity index (χ0n) is 18.2. The van der Waals surface area contributed by atoms with E-state index in [1.807, 2.05) is 4.57 Å². The van der Waals surface area contributed by atoms with Crippen molar-refractivity contribution < 1.29 is 13.9 Å². The minimum absolute atomic E-state index is 0.0127. The van der Waals surface area contributed by atoms with Crippen molar-refractivity contribution in [2.75, 3.05) is 23.8 Å². The lowest BCUT2D eigenvalue weighted by atomic mass is 9.85. The van der Waals surface area contributed by atoms with E-state index in [1.54, 1.807) is 6.20 Å². The van der Waals surface area contributed by atoms with E-state index in [0.717, 1.165) is 19.3 Å². The average Bonchev–Trinajstić information content (AvgIpc) is 3.43. The fraction of sp³-hybridized carbons (Fsp3) is 0.455. The maximum Gasteiger partial charge on any atom is 0.225 e. The third-order valence-corrected chi connectivity index (χ3v) is 7.00. The van der Waals surface area contributed by atoms with Crippen LogP contribution in [-0.4, -0.2) is 44.7 Å². The molecular weight excluding hydrogens is 484 g/mol. The monoisotopic (exact) mass is 507 g/mol. The van der Waals surface area contributed by atoms with Gasteiger partial charge in [-0.3, -0.25) is 9.36 Å². The number of carbonyl (C=O) groups excluding carboxylic acids is 1. The highest BCUT2D eigenvalue weighted by atomic mass is 35.5. The summed E-state index contributed by atoms with van der Waals surface area (Å²) in [5, 5.41) is 6.76. The fourth-order valence-electron chi connectivity index (χ4n) is 4.62. The van der Waals surface area contributed by atoms with Crippen LogP contribution in [0.1, 0.15) is 38.1 Å². The van der Waals surface area contributed by atoms with Gasteiger partial charge in [-0.2, -0.15) is 4.98 Å². The summed E-state index contributed by atoms with van der Waals surface area (Å²) in [6.07, 6.45) is 5.33. The Morgan fingerprint density at radius 1 is 1.15 bits per heavy atom. The van der Waals surface area contributed by atoms with E-state index >= 15 is 0 Å². The molecule has 5 rings (SSSR count). The molecule has 1 amide bonds. The highest BCUT2D eigenvalue weighted by Crippen LogP contribution is 2.39. The molecule has 1 aliphatic heterocycles. The summed E-state index contributed by atoms with van der Waals surface area (Å²) in [7, 11) is 0. The third kappa shape index (κ3) is 4.62. The molecule has 1 aliphatic carbocycles. The summed E-state index contributed by atoms with van der Waals surface area (Å²) >= 11 is 12.5. The van der Waals surface area contributed by atoms with E-state index in [0.29, 0.717) is 54.8 Å². The van der Waals surface area contributed by atoms with E-state index in [1.165, 1.54) is 12.1 Å². The number of nitrogens with two attached hydrogens (primary N) is 1. The Bertz CT molecular complexity index is 1200. The first-order chi connectivity index (χ1) is 16.4. The molecular formula is C22H24Cl2FN7O2. The van der Waals surface area contributed by atoms with Gasteiger partial charge in [0, 0.05) is 18.6 Å². The normalized spacial score (nSPS) is 22.7. The molecule has 180 valence electrons. The summed E-state index contributed by atoms with van der Waals surface area (Å²) < 4.78 is 21.1. The van der Waals surface area contributed by atoms with Crippen LogP contribution < -0.4 is 16.4 Å². The lowest BCUT2D eigenvalue weighted by molar-refractivity contribution is -0.122. The number of halogens is 3. The molecule has 1 aromatic carbocycles. The number of rotatable bonds is 6. The number of nitrogens with zero attached hydrogens (tertiary/aromatic N) is 4. The van der Waals surface area contributed by atoms with Crippen molar-refractivity contribution in [3.8, 4) is 0 Å². The quantitative estimate of drug-likeness (QED) is 0.451. The second-order valence-electron chi connectivity index (χ2n) is 8.69. The number of hydrogen-bond donors (Lipinski definition) is 3. The van der Waals surface area contributed by atoms with Gasteiger partial charge in [0.25, 0.3) is 0 Å². The molecule has 9 nitrogen and oxygen atoms in total. The lowest BCUT2D eigenvalue weighted by Gasteiger charge is -2.29. The summed E-state index contributed by atoms with van der Waals surface area (Å²) in [4.78, 5) is 25.5. The molecule has 2 fully saturated rings. The molecule has 1 saturated heterocycles. The number of nitrogens with one attached hydrogen (secondary N) is 2. The number of carbonyl (C=O) groups is 1. The van der Waals surface area contributed by atoms with E-state index in [4.69, 9.17) is 38.7 Å². The minimum atomic E-state index is -0.531. The molecule has 0 spiro atoms. The van der Waals surface area contributed by atoms with Gasteiger partial charge in [0.05, 0.1) is 34.6 Å². The molecule has 2 aromatic heterocycles. The van der Waals surface area contributed by atoms with Gasteiger partial charge in [-0.25, -0.2) is 14.4 Å². The van der Waals surface area contributed by atoms with Crippen molar-refractivity contribution in [3.63, 3.8) is 0 Å². The predicted octanol–water partition coefficient (Wildman–Crippen LogP) is 4.43. The van der Waals surface area contributed by atoms with Crippen molar-refractivity contribution in [1.82, 2.24) is 19.5 Å². The molecule has 3 aromatic rings. The molecule has 2 aliphatic rings. The van der Waals surface area contributed by atoms with Crippen LogP contribution in [0.3, 0.4) is 0 Å². The van der Waals surface area contributed by atoms with Crippen LogP contribution in [0, 0.1) is 11.7 Å². The highest BCUT2D eigenvalue weighted by molar-refractivity contribution is 6.39. The molecule has 0 bridgehead atoms. The average molecular weight is 508 g/mol. The van der Waals surface area contributed by atoms with Crippen LogP contribution in [0.2, 0.25) is 10.0 Å². The molecule has 0 radical (unpaired) electrons. The molecule has 12 heteroatoms. The Kier molecular flexibility index (Phi) is 6.46. The van der Waals surface area contributed by atoms with Crippen LogP contribution in [0.5, 0.6) is 0 Å². The van der Waals surface area contributed by atoms with E-state index in [-0.39, 0.29) is 34.0 Å². The zero-order chi connectivity index (χ0) is 23.8. The first kappa shape index (κ1) is 23.1. The Hall–Kier alpha value is -2.69. The number of ether oxygens (including phenoxy) is 1. The molecule has 4 N–H and O–H groups in total. The highest BCUT2D eigenvalue weighted by Gasteiger charge is 2.29. The summed E-state index contributed by atoms with van der Waals surface area (Å²) in [6.45, 7) is 1.31. The van der Waals surface area contributed by atoms with Crippen LogP contribution in [0.15, 0.2) is 18.3 Å². The maximum atomic E-state index is 13.7. The zero-order valence-corrected chi connectivity index (χ0v) is 19.7. The number of hydrogen-bond acceptors (Lipinski definition) is 7. The van der Waals surface area contributed by atoms with Gasteiger partial charge >= 0.3 is 0 Å². The second-order valence-corrected chi connectivity index (χ2v) is 9.50. The number of primary amides is 1. The summed E-state index contributed by atoms with van der Waals surface area (Å²) in [5.41, 5.74) is 7.10. The Morgan fingerprint density at radius 2 is 1.88 bits per heavy atom. The first-order valence-corrected chi connectivity index (χ1v) is 11.9. The van der Waals surface area contributed by atoms with Crippen LogP contribution >= 0.6 is 23.2 Å². The smallest absolute Gasteiger partial charge is 0.225 e. The molecule has 34 heavy (non-hydrogen) atoms. The van der Waals surface area contributed by atoms with Gasteiger partial charge in [-0.1, -0.05) is 23.2 Å². The Labute approximate surface area is 205 Å². The standard InChI is InChI=1S/C22H24Cl2FN7O2/c23-15-7-12(25)8-16(24)18(15)30-22-29-17-9-27-21(28-13-5-6-34-10-13)31-20(17)32(22)14-3-1-11(2-4-14)19(26)33/h7-9,11,13-14H,1-6,10H2,(H2,26,33)(H,29,30)(H,27,28,31)/t11-,13-,14-/m0/s1. The van der Waals surface area contributed by atoms with E-state index in [9.17, 15) is 9.18 Å². The van der Waals surface area contributed by atoms with Crippen molar-refractivity contribution in [2.24, 2.45) is 11.7 Å². The number of amides is 1. The number of aromatic nitrogens is 4. The summed E-state index contributed by atoms with van der Waals surface area (Å²) in [6, 6.07) is 2.53. The molecule has 1 saturated carbocycles. The molecule has 1 atom stereocenters. The first-order valence-electron chi connectivity index (χ1n) is 11.2. The van der Waals surface area contributed by atoms with Crippen molar-refractivity contribution in [2.45, 2.75) is 44.2 Å². The van der Waals surface area contributed by atoms with Gasteiger partial charge in [0.1, 0.15) is 11.3 Å². The topological polar surface area (TPSA) is 120 Å². The van der Waals surface area contributed by atoms with Crippen LogP contribution in [-0.2, 0) is 9.53 Å². The lowest BCUT2D eigenvalue weighted by Crippen LogP contribution is -2.29. The number of imidazole rings is 1. The van der Waals surface area contributed by atoms with Gasteiger partial charge in [0.15, 0.2) is 5.65 Å². The van der Waals surface area contributed by atoms with Crippen LogP contribution in [0.4, 0.5) is 22.0 Å². The largest absolute Gasteiger partial charge is 0.379 e. The Morgan fingerprint density at radius 3 is 2.53 bits per heavy atom. The van der Waals surface area contributed by atoms with Gasteiger partial charge in [-0.05, 0) is 44.2 Å². The van der Waals surface area contributed by atoms with Gasteiger partial charge in [0.2, 0.25) is 17.8 Å². The van der Waals surface area contributed by atoms with E-state index in [2.05, 4.69) is 20.6 Å². The summed E-state index contributed by atoms with van der Waals surface area (Å²) in [5.74, 6) is 0.00154. The van der Waals surface area contributed by atoms with Crippen molar-refractivity contribution >= 4 is 57.9 Å². The maximum absolute atomic E-state index is 13.7. The number of benzene rings is 1. The van der Waals surface area contributed by atoms with E-state index < -0.39 is 5.82 Å². The number of fused-ring (bicyclic) bond motifs is 1. The van der Waals surface area contributed by atoms with Crippen molar-refractivity contribution in [1.29, 1.82) is 0 Å². The van der Waals surface area contributed by atoms with Crippen molar-refractivity contribution in [3.05, 3.63) is 34.2 Å². The SMILES string of the molecule is NC(=O)[C@H]1CC[C@H](n2c(Nc3c(Cl)cc(F)cc3Cl)nc3cnc(N[C@H]4CCOC4)nc32)CC1. The van der Waals surface area contributed by atoms with Gasteiger partial charge in [-0.15, -0.1) is 0 Å². The minimum Gasteiger partial charge on any atom is -0.379 e. The van der Waals surface area contributed by atoms with Gasteiger partial charge < -0.3 is 21.1 Å². The molecule has 3 heterocycles.